The Labute approximate surface area is 151 Å². The van der Waals surface area contributed by atoms with Gasteiger partial charge in [-0.25, -0.2) is 4.39 Å². The van der Waals surface area contributed by atoms with Crippen LogP contribution in [-0.4, -0.2) is 29.0 Å². The van der Waals surface area contributed by atoms with E-state index in [0.29, 0.717) is 17.7 Å². The summed E-state index contributed by atoms with van der Waals surface area (Å²) in [5.74, 6) is -2.67. The normalized spacial score (nSPS) is 13.8. The Balaban J connectivity index is 2.32. The molecule has 0 radical (unpaired) electrons. The van der Waals surface area contributed by atoms with E-state index in [1.165, 1.54) is 11.0 Å². The molecule has 0 bridgehead atoms. The summed E-state index contributed by atoms with van der Waals surface area (Å²) < 4.78 is 23.8. The molecule has 0 N–H and O–H groups in total. The minimum absolute atomic E-state index is 0.0453. The van der Waals surface area contributed by atoms with Gasteiger partial charge in [-0.3, -0.25) is 14.4 Å². The van der Waals surface area contributed by atoms with Crippen LogP contribution < -0.4 is 0 Å². The largest absolute Gasteiger partial charge is 0.416 e. The highest BCUT2D eigenvalue weighted by molar-refractivity contribution is 5.85. The topological polar surface area (TPSA) is 72.9 Å². The van der Waals surface area contributed by atoms with E-state index in [4.69, 9.17) is 9.47 Å². The average Bonchev–Trinajstić information content (AvgIpc) is 2.60. The van der Waals surface area contributed by atoms with Gasteiger partial charge in [0, 0.05) is 25.1 Å². The molecule has 0 fully saturated rings. The molecular formula is C19H22FNO5. The molecule has 1 aliphatic carbocycles. The number of esters is 2. The first-order chi connectivity index (χ1) is 12.4. The van der Waals surface area contributed by atoms with Gasteiger partial charge in [-0.15, -0.1) is 0 Å². The molecule has 0 aromatic heterocycles. The van der Waals surface area contributed by atoms with Crippen LogP contribution in [0.15, 0.2) is 36.0 Å². The highest BCUT2D eigenvalue weighted by Gasteiger charge is 2.32. The summed E-state index contributed by atoms with van der Waals surface area (Å²) in [6.45, 7) is 2.19. The minimum atomic E-state index is -1.69. The molecule has 140 valence electrons. The summed E-state index contributed by atoms with van der Waals surface area (Å²) in [6.07, 6.45) is 3.52. The predicted molar refractivity (Wildman–Crippen MR) is 90.8 cm³/mol. The van der Waals surface area contributed by atoms with Gasteiger partial charge in [0.15, 0.2) is 0 Å². The number of ether oxygens (including phenoxy) is 2. The number of rotatable bonds is 6. The van der Waals surface area contributed by atoms with Gasteiger partial charge in [-0.1, -0.05) is 24.3 Å². The quantitative estimate of drug-likeness (QED) is 0.574. The van der Waals surface area contributed by atoms with Crippen LogP contribution in [0.4, 0.5) is 4.39 Å². The Bertz CT molecular complexity index is 700. The van der Waals surface area contributed by atoms with E-state index < -0.39 is 30.0 Å². The fourth-order valence-electron chi connectivity index (χ4n) is 2.74. The lowest BCUT2D eigenvalue weighted by molar-refractivity contribution is -0.194. The van der Waals surface area contributed by atoms with Crippen molar-refractivity contribution < 1.29 is 28.2 Å². The molecule has 0 saturated heterocycles. The Morgan fingerprint density at radius 2 is 1.77 bits per heavy atom. The Morgan fingerprint density at radius 1 is 1.12 bits per heavy atom. The highest BCUT2D eigenvalue weighted by atomic mass is 19.1. The molecule has 7 heteroatoms. The van der Waals surface area contributed by atoms with Crippen molar-refractivity contribution in [2.75, 3.05) is 0 Å². The Hall–Kier alpha value is -2.70. The third-order valence-corrected chi connectivity index (χ3v) is 3.91. The van der Waals surface area contributed by atoms with Gasteiger partial charge in [0.1, 0.15) is 5.82 Å². The molecule has 6 nitrogen and oxygen atoms in total. The second kappa shape index (κ2) is 9.12. The van der Waals surface area contributed by atoms with Gasteiger partial charge < -0.3 is 14.4 Å². The van der Waals surface area contributed by atoms with Gasteiger partial charge in [-0.05, 0) is 31.7 Å². The average molecular weight is 363 g/mol. The fraction of sp³-hybridized carbons (Fsp3) is 0.421. The minimum Gasteiger partial charge on any atom is -0.416 e. The smallest absolute Gasteiger partial charge is 0.326 e. The number of amides is 1. The molecule has 2 rings (SSSR count). The van der Waals surface area contributed by atoms with E-state index in [9.17, 15) is 18.8 Å². The van der Waals surface area contributed by atoms with Gasteiger partial charge in [0.2, 0.25) is 0 Å². The van der Waals surface area contributed by atoms with Crippen molar-refractivity contribution in [1.82, 2.24) is 4.90 Å². The van der Waals surface area contributed by atoms with Crippen molar-refractivity contribution in [3.05, 3.63) is 47.4 Å². The van der Waals surface area contributed by atoms with Crippen LogP contribution in [0.5, 0.6) is 0 Å². The van der Waals surface area contributed by atoms with Crippen LogP contribution in [0.2, 0.25) is 0 Å². The van der Waals surface area contributed by atoms with E-state index >= 15 is 0 Å². The first-order valence-electron chi connectivity index (χ1n) is 8.46. The third kappa shape index (κ3) is 5.40. The van der Waals surface area contributed by atoms with E-state index in [-0.39, 0.29) is 6.54 Å². The maximum atomic E-state index is 14.1. The molecule has 0 spiro atoms. The van der Waals surface area contributed by atoms with Gasteiger partial charge in [0.25, 0.3) is 0 Å². The zero-order valence-corrected chi connectivity index (χ0v) is 14.9. The SMILES string of the molecule is CC(=O)OC(OC(C)=O)C(=O)N(Cc1ccccc1F)C1=CCCCC1. The molecule has 0 atom stereocenters. The van der Waals surface area contributed by atoms with Crippen LogP contribution in [0.3, 0.4) is 0 Å². The molecule has 1 aromatic carbocycles. The molecule has 0 unspecified atom stereocenters. The van der Waals surface area contributed by atoms with Crippen molar-refractivity contribution in [2.24, 2.45) is 0 Å². The molecule has 1 aliphatic rings. The summed E-state index contributed by atoms with van der Waals surface area (Å²) in [7, 11) is 0. The zero-order valence-electron chi connectivity index (χ0n) is 14.9. The monoisotopic (exact) mass is 363 g/mol. The van der Waals surface area contributed by atoms with Crippen LogP contribution in [0, 0.1) is 5.82 Å². The van der Waals surface area contributed by atoms with E-state index in [1.54, 1.807) is 18.2 Å². The fourth-order valence-corrected chi connectivity index (χ4v) is 2.74. The zero-order chi connectivity index (χ0) is 19.1. The summed E-state index contributed by atoms with van der Waals surface area (Å²) >= 11 is 0. The second-order valence-electron chi connectivity index (χ2n) is 6.01. The standard InChI is InChI=1S/C19H22FNO5/c1-13(22)25-19(26-14(2)23)18(24)21(16-9-4-3-5-10-16)12-15-8-6-7-11-17(15)20/h6-9,11,19H,3-5,10,12H2,1-2H3. The molecule has 1 amide bonds. The number of halogens is 1. The Kier molecular flexibility index (Phi) is 6.89. The Morgan fingerprint density at radius 3 is 2.31 bits per heavy atom. The molecular weight excluding hydrogens is 341 g/mol. The lowest BCUT2D eigenvalue weighted by Gasteiger charge is -2.30. The molecule has 0 saturated carbocycles. The summed E-state index contributed by atoms with van der Waals surface area (Å²) in [6, 6.07) is 6.12. The number of nitrogens with zero attached hydrogens (tertiary/aromatic N) is 1. The number of hydrogen-bond donors (Lipinski definition) is 0. The maximum Gasteiger partial charge on any atom is 0.326 e. The number of carbonyl (C=O) groups excluding carboxylic acids is 3. The predicted octanol–water partition coefficient (Wildman–Crippen LogP) is 3.06. The van der Waals surface area contributed by atoms with Crippen molar-refractivity contribution in [3.8, 4) is 0 Å². The molecule has 0 aliphatic heterocycles. The van der Waals surface area contributed by atoms with Crippen LogP contribution in [0.1, 0.15) is 45.1 Å². The molecule has 1 aromatic rings. The summed E-state index contributed by atoms with van der Waals surface area (Å²) in [4.78, 5) is 36.9. The van der Waals surface area contributed by atoms with Crippen molar-refractivity contribution in [3.63, 3.8) is 0 Å². The molecule has 26 heavy (non-hydrogen) atoms. The second-order valence-corrected chi connectivity index (χ2v) is 6.01. The number of hydrogen-bond acceptors (Lipinski definition) is 5. The van der Waals surface area contributed by atoms with Gasteiger partial charge in [-0.2, -0.15) is 0 Å². The van der Waals surface area contributed by atoms with Crippen molar-refractivity contribution >= 4 is 17.8 Å². The van der Waals surface area contributed by atoms with Crippen LogP contribution in [0.25, 0.3) is 0 Å². The summed E-state index contributed by atoms with van der Waals surface area (Å²) in [5.41, 5.74) is 1.02. The first kappa shape index (κ1) is 19.6. The number of allylic oxidation sites excluding steroid dienone is 2. The number of carbonyl (C=O) groups is 3. The third-order valence-electron chi connectivity index (χ3n) is 3.91. The van der Waals surface area contributed by atoms with E-state index in [1.807, 2.05) is 6.08 Å². The van der Waals surface area contributed by atoms with Gasteiger partial charge in [0.05, 0.1) is 6.54 Å². The molecule has 0 heterocycles. The van der Waals surface area contributed by atoms with Gasteiger partial charge >= 0.3 is 24.1 Å². The number of benzene rings is 1. The van der Waals surface area contributed by atoms with Crippen molar-refractivity contribution in [1.29, 1.82) is 0 Å². The van der Waals surface area contributed by atoms with E-state index in [2.05, 4.69) is 0 Å². The summed E-state index contributed by atoms with van der Waals surface area (Å²) in [5, 5.41) is 0. The van der Waals surface area contributed by atoms with Crippen LogP contribution >= 0.6 is 0 Å². The highest BCUT2D eigenvalue weighted by Crippen LogP contribution is 2.25. The van der Waals surface area contributed by atoms with Crippen LogP contribution in [-0.2, 0) is 30.4 Å². The lowest BCUT2D eigenvalue weighted by Crippen LogP contribution is -2.43. The lowest BCUT2D eigenvalue weighted by atomic mass is 10.0. The van der Waals surface area contributed by atoms with E-state index in [0.717, 1.165) is 33.1 Å². The maximum absolute atomic E-state index is 14.1. The van der Waals surface area contributed by atoms with Crippen molar-refractivity contribution in [2.45, 2.75) is 52.4 Å². The first-order valence-corrected chi connectivity index (χ1v) is 8.46.